The maximum absolute atomic E-state index is 13.2. The summed E-state index contributed by atoms with van der Waals surface area (Å²) >= 11 is 0. The molecular formula is C23H38O6S. The van der Waals surface area contributed by atoms with Crippen LogP contribution in [0.2, 0.25) is 0 Å². The molecule has 1 saturated heterocycles. The third kappa shape index (κ3) is 3.67. The summed E-state index contributed by atoms with van der Waals surface area (Å²) in [5.41, 5.74) is -0.423. The fourth-order valence-electron chi connectivity index (χ4n) is 7.43. The van der Waals surface area contributed by atoms with E-state index in [1.54, 1.807) is 0 Å². The van der Waals surface area contributed by atoms with Gasteiger partial charge in [-0.2, -0.15) is 8.42 Å². The molecule has 7 heteroatoms. The van der Waals surface area contributed by atoms with Gasteiger partial charge in [-0.05, 0) is 62.2 Å². The highest BCUT2D eigenvalue weighted by atomic mass is 32.2. The van der Waals surface area contributed by atoms with Crippen molar-refractivity contribution in [2.45, 2.75) is 77.9 Å². The first-order valence-corrected chi connectivity index (χ1v) is 13.5. The molecule has 1 heterocycles. The Balaban J connectivity index is 1.63. The summed E-state index contributed by atoms with van der Waals surface area (Å²) in [6.45, 7) is 8.10. The standard InChI is InChI=1S/C23H38O6S/c1-16-5-9-21(2,20(24)15-16)18-6-10-22(3)19(7-11-23(22)27-13-14-28-23)17(18)8-12-29-30(4,25)26/h16-19H,5-15H2,1-4H3/t16-,17+,18?,19?,21+,22-/m0/s1. The van der Waals surface area contributed by atoms with E-state index in [4.69, 9.17) is 13.7 Å². The van der Waals surface area contributed by atoms with Crippen LogP contribution in [-0.4, -0.2) is 46.1 Å². The van der Waals surface area contributed by atoms with E-state index in [-0.39, 0.29) is 29.3 Å². The monoisotopic (exact) mass is 442 g/mol. The number of carbonyl (C=O) groups excluding carboxylic acids is 1. The van der Waals surface area contributed by atoms with Gasteiger partial charge in [0.1, 0.15) is 5.78 Å². The molecule has 4 rings (SSSR count). The average molecular weight is 443 g/mol. The molecule has 0 aromatic carbocycles. The third-order valence-corrected chi connectivity index (χ3v) is 9.72. The summed E-state index contributed by atoms with van der Waals surface area (Å²) in [6.07, 6.45) is 8.28. The lowest BCUT2D eigenvalue weighted by Gasteiger charge is -2.55. The summed E-state index contributed by atoms with van der Waals surface area (Å²) in [7, 11) is -3.48. The second-order valence-corrected chi connectivity index (χ2v) is 12.5. The molecule has 1 spiro atoms. The molecule has 0 bridgehead atoms. The van der Waals surface area contributed by atoms with Crippen molar-refractivity contribution < 1.29 is 26.9 Å². The largest absolute Gasteiger partial charge is 0.347 e. The molecule has 0 aromatic heterocycles. The Morgan fingerprint density at radius 2 is 1.70 bits per heavy atom. The fourth-order valence-corrected chi connectivity index (χ4v) is 7.83. The predicted molar refractivity (Wildman–Crippen MR) is 113 cm³/mol. The van der Waals surface area contributed by atoms with Gasteiger partial charge in [-0.3, -0.25) is 8.98 Å². The van der Waals surface area contributed by atoms with Crippen molar-refractivity contribution in [2.75, 3.05) is 26.1 Å². The molecule has 1 aliphatic heterocycles. The van der Waals surface area contributed by atoms with Gasteiger partial charge in [-0.15, -0.1) is 0 Å². The van der Waals surface area contributed by atoms with Crippen LogP contribution in [0.5, 0.6) is 0 Å². The lowest BCUT2D eigenvalue weighted by Crippen LogP contribution is -2.55. The zero-order chi connectivity index (χ0) is 21.8. The Morgan fingerprint density at radius 3 is 2.33 bits per heavy atom. The number of fused-ring (bicyclic) bond motifs is 2. The molecule has 4 aliphatic rings. The van der Waals surface area contributed by atoms with Gasteiger partial charge in [0.15, 0.2) is 5.79 Å². The van der Waals surface area contributed by atoms with Gasteiger partial charge < -0.3 is 9.47 Å². The molecular weight excluding hydrogens is 404 g/mol. The molecule has 2 unspecified atom stereocenters. The molecule has 0 amide bonds. The van der Waals surface area contributed by atoms with Crippen molar-refractivity contribution in [3.8, 4) is 0 Å². The van der Waals surface area contributed by atoms with Crippen molar-refractivity contribution in [3.63, 3.8) is 0 Å². The van der Waals surface area contributed by atoms with E-state index < -0.39 is 15.9 Å². The van der Waals surface area contributed by atoms with E-state index in [9.17, 15) is 13.2 Å². The van der Waals surface area contributed by atoms with Gasteiger partial charge >= 0.3 is 0 Å². The van der Waals surface area contributed by atoms with Crippen molar-refractivity contribution in [1.82, 2.24) is 0 Å². The Morgan fingerprint density at radius 1 is 1.03 bits per heavy atom. The van der Waals surface area contributed by atoms with Crippen LogP contribution in [0.3, 0.4) is 0 Å². The molecule has 6 atom stereocenters. The minimum Gasteiger partial charge on any atom is -0.347 e. The maximum Gasteiger partial charge on any atom is 0.264 e. The minimum absolute atomic E-state index is 0.100. The predicted octanol–water partition coefficient (Wildman–Crippen LogP) is 3.93. The fraction of sp³-hybridized carbons (Fsp3) is 0.957. The van der Waals surface area contributed by atoms with Crippen molar-refractivity contribution in [1.29, 1.82) is 0 Å². The Bertz CT molecular complexity index is 773. The zero-order valence-corrected chi connectivity index (χ0v) is 19.8. The quantitative estimate of drug-likeness (QED) is 0.600. The summed E-state index contributed by atoms with van der Waals surface area (Å²) < 4.78 is 40.8. The smallest absolute Gasteiger partial charge is 0.264 e. The number of hydrogen-bond acceptors (Lipinski definition) is 6. The highest BCUT2D eigenvalue weighted by Crippen LogP contribution is 2.66. The number of ketones is 1. The van der Waals surface area contributed by atoms with E-state index in [2.05, 4.69) is 20.8 Å². The first-order chi connectivity index (χ1) is 14.0. The highest BCUT2D eigenvalue weighted by molar-refractivity contribution is 7.85. The topological polar surface area (TPSA) is 78.9 Å². The van der Waals surface area contributed by atoms with Gasteiger partial charge in [0.25, 0.3) is 10.1 Å². The molecule has 0 radical (unpaired) electrons. The van der Waals surface area contributed by atoms with Gasteiger partial charge in [0, 0.05) is 23.7 Å². The molecule has 30 heavy (non-hydrogen) atoms. The Hall–Kier alpha value is -0.500. The van der Waals surface area contributed by atoms with Gasteiger partial charge in [0.2, 0.25) is 0 Å². The van der Waals surface area contributed by atoms with E-state index in [0.717, 1.165) is 44.8 Å². The third-order valence-electron chi connectivity index (χ3n) is 9.13. The van der Waals surface area contributed by atoms with Gasteiger partial charge in [0.05, 0.1) is 26.1 Å². The SMILES string of the molecule is C[C@H]1CC[C@](C)(C2CC[C@@]3(C)C(CCC34OCCO4)[C@@H]2CCOS(C)(=O)=O)C(=O)C1. The number of hydrogen-bond donors (Lipinski definition) is 0. The van der Waals surface area contributed by atoms with Crippen LogP contribution in [0.15, 0.2) is 0 Å². The number of Topliss-reactive ketones (excluding diaryl/α,β-unsaturated/α-hetero) is 1. The molecule has 6 nitrogen and oxygen atoms in total. The summed E-state index contributed by atoms with van der Waals surface area (Å²) in [5.74, 6) is 1.19. The van der Waals surface area contributed by atoms with E-state index in [0.29, 0.717) is 43.7 Å². The van der Waals surface area contributed by atoms with Crippen molar-refractivity contribution in [3.05, 3.63) is 0 Å². The van der Waals surface area contributed by atoms with Crippen LogP contribution in [-0.2, 0) is 28.6 Å². The van der Waals surface area contributed by atoms with E-state index >= 15 is 0 Å². The second kappa shape index (κ2) is 7.82. The van der Waals surface area contributed by atoms with Crippen molar-refractivity contribution in [2.24, 2.45) is 34.5 Å². The number of carbonyl (C=O) groups is 1. The molecule has 0 N–H and O–H groups in total. The second-order valence-electron chi connectivity index (χ2n) is 10.8. The molecule has 4 fully saturated rings. The normalized spacial score (nSPS) is 43.8. The van der Waals surface area contributed by atoms with Gasteiger partial charge in [-0.25, -0.2) is 0 Å². The van der Waals surface area contributed by atoms with Crippen LogP contribution < -0.4 is 0 Å². The molecule has 3 saturated carbocycles. The molecule has 172 valence electrons. The van der Waals surface area contributed by atoms with Crippen LogP contribution in [0.1, 0.15) is 72.1 Å². The van der Waals surface area contributed by atoms with Crippen LogP contribution in [0, 0.1) is 34.5 Å². The van der Waals surface area contributed by atoms with Crippen molar-refractivity contribution >= 4 is 15.9 Å². The summed E-state index contributed by atoms with van der Waals surface area (Å²) in [5, 5.41) is 0. The summed E-state index contributed by atoms with van der Waals surface area (Å²) in [4.78, 5) is 13.2. The first kappa shape index (κ1) is 22.7. The molecule has 0 aromatic rings. The highest BCUT2D eigenvalue weighted by Gasteiger charge is 2.66. The maximum atomic E-state index is 13.2. The lowest BCUT2D eigenvalue weighted by atomic mass is 9.50. The van der Waals surface area contributed by atoms with Crippen LogP contribution in [0.4, 0.5) is 0 Å². The molecule has 3 aliphatic carbocycles. The van der Waals surface area contributed by atoms with Crippen LogP contribution in [0.25, 0.3) is 0 Å². The summed E-state index contributed by atoms with van der Waals surface area (Å²) in [6, 6.07) is 0. The zero-order valence-electron chi connectivity index (χ0n) is 18.9. The average Bonchev–Trinajstić information content (AvgIpc) is 3.24. The van der Waals surface area contributed by atoms with Crippen LogP contribution >= 0.6 is 0 Å². The van der Waals surface area contributed by atoms with E-state index in [1.165, 1.54) is 0 Å². The minimum atomic E-state index is -3.48. The number of rotatable bonds is 5. The van der Waals surface area contributed by atoms with E-state index in [1.807, 2.05) is 0 Å². The lowest BCUT2D eigenvalue weighted by molar-refractivity contribution is -0.242. The first-order valence-electron chi connectivity index (χ1n) is 11.7. The number of ether oxygens (including phenoxy) is 2. The van der Waals surface area contributed by atoms with Gasteiger partial charge in [-0.1, -0.05) is 20.8 Å². The Labute approximate surface area is 181 Å². The Kier molecular flexibility index (Phi) is 5.91.